The third-order valence-electron chi connectivity index (χ3n) is 4.88. The third-order valence-corrected chi connectivity index (χ3v) is 6.13. The quantitative estimate of drug-likeness (QED) is 0.677. The van der Waals surface area contributed by atoms with Gasteiger partial charge in [-0.3, -0.25) is 4.98 Å². The van der Waals surface area contributed by atoms with Gasteiger partial charge in [0, 0.05) is 33.9 Å². The number of likely N-dealkylation sites (tertiary alicyclic amines) is 1. The van der Waals surface area contributed by atoms with Crippen molar-refractivity contribution in [3.05, 3.63) is 64.8 Å². The Hall–Kier alpha value is -1.71. The first kappa shape index (κ1) is 14.9. The first-order chi connectivity index (χ1) is 11.3. The maximum absolute atomic E-state index is 4.60. The number of fused-ring (bicyclic) bond motifs is 1. The number of benzene rings is 1. The molecule has 23 heavy (non-hydrogen) atoms. The van der Waals surface area contributed by atoms with Crippen molar-refractivity contribution in [1.29, 1.82) is 0 Å². The van der Waals surface area contributed by atoms with Gasteiger partial charge in [0.2, 0.25) is 0 Å². The molecule has 2 aromatic heterocycles. The standard InChI is InChI=1S/C20H22N2S/c1-15(17-8-4-5-11-21-17)20-16-7-2-3-9-18(16)23-19(20)10-14-22-12-6-13-22/h2-5,7-9,11,15H,6,10,12-14H2,1H3. The van der Waals surface area contributed by atoms with Crippen LogP contribution in [0.1, 0.15) is 35.4 Å². The van der Waals surface area contributed by atoms with Crippen molar-refractivity contribution in [2.45, 2.75) is 25.7 Å². The number of nitrogens with zero attached hydrogens (tertiary/aromatic N) is 2. The fourth-order valence-electron chi connectivity index (χ4n) is 3.42. The van der Waals surface area contributed by atoms with Crippen LogP contribution in [-0.4, -0.2) is 29.5 Å². The molecule has 0 saturated carbocycles. The Morgan fingerprint density at radius 2 is 1.96 bits per heavy atom. The summed E-state index contributed by atoms with van der Waals surface area (Å²) in [6, 6.07) is 15.1. The molecular formula is C20H22N2S. The van der Waals surface area contributed by atoms with Crippen molar-refractivity contribution < 1.29 is 0 Å². The fraction of sp³-hybridized carbons (Fsp3) is 0.350. The smallest absolute Gasteiger partial charge is 0.0476 e. The van der Waals surface area contributed by atoms with E-state index in [1.54, 1.807) is 0 Å². The molecule has 1 fully saturated rings. The lowest BCUT2D eigenvalue weighted by atomic mass is 9.93. The van der Waals surface area contributed by atoms with Gasteiger partial charge < -0.3 is 4.90 Å². The van der Waals surface area contributed by atoms with E-state index in [1.807, 2.05) is 23.6 Å². The molecule has 2 nitrogen and oxygen atoms in total. The van der Waals surface area contributed by atoms with Crippen LogP contribution in [0.15, 0.2) is 48.7 Å². The van der Waals surface area contributed by atoms with Gasteiger partial charge in [-0.1, -0.05) is 31.2 Å². The van der Waals surface area contributed by atoms with E-state index < -0.39 is 0 Å². The highest BCUT2D eigenvalue weighted by Crippen LogP contribution is 2.38. The first-order valence-corrected chi connectivity index (χ1v) is 9.28. The summed E-state index contributed by atoms with van der Waals surface area (Å²) in [5, 5.41) is 1.41. The van der Waals surface area contributed by atoms with Crippen molar-refractivity contribution in [1.82, 2.24) is 9.88 Å². The minimum absolute atomic E-state index is 0.346. The molecule has 0 spiro atoms. The van der Waals surface area contributed by atoms with Crippen molar-refractivity contribution in [2.24, 2.45) is 0 Å². The number of aromatic nitrogens is 1. The SMILES string of the molecule is CC(c1ccccn1)c1c(CCN2CCC2)sc2ccccc12. The largest absolute Gasteiger partial charge is 0.303 e. The lowest BCUT2D eigenvalue weighted by molar-refractivity contribution is 0.184. The number of rotatable bonds is 5. The third kappa shape index (κ3) is 2.91. The predicted molar refractivity (Wildman–Crippen MR) is 98.3 cm³/mol. The number of pyridine rings is 1. The van der Waals surface area contributed by atoms with Gasteiger partial charge in [-0.05, 0) is 55.1 Å². The van der Waals surface area contributed by atoms with Gasteiger partial charge in [-0.15, -0.1) is 11.3 Å². The minimum Gasteiger partial charge on any atom is -0.303 e. The normalized spacial score (nSPS) is 16.4. The second-order valence-corrected chi connectivity index (χ2v) is 7.49. The second-order valence-electron chi connectivity index (χ2n) is 6.36. The molecule has 1 saturated heterocycles. The summed E-state index contributed by atoms with van der Waals surface area (Å²) in [5.74, 6) is 0.346. The minimum atomic E-state index is 0.346. The molecule has 3 heterocycles. The predicted octanol–water partition coefficient (Wildman–Crippen LogP) is 4.70. The molecule has 1 unspecified atom stereocenters. The van der Waals surface area contributed by atoms with Crippen LogP contribution in [0.25, 0.3) is 10.1 Å². The second kappa shape index (κ2) is 6.42. The van der Waals surface area contributed by atoms with E-state index in [0.717, 1.165) is 6.42 Å². The molecule has 1 aliphatic rings. The van der Waals surface area contributed by atoms with Crippen molar-refractivity contribution in [3.8, 4) is 0 Å². The zero-order valence-corrected chi connectivity index (χ0v) is 14.4. The van der Waals surface area contributed by atoms with E-state index in [-0.39, 0.29) is 0 Å². The highest BCUT2D eigenvalue weighted by molar-refractivity contribution is 7.19. The molecule has 1 aliphatic heterocycles. The summed E-state index contributed by atoms with van der Waals surface area (Å²) < 4.78 is 1.41. The molecular weight excluding hydrogens is 300 g/mol. The van der Waals surface area contributed by atoms with Crippen LogP contribution in [0.3, 0.4) is 0 Å². The zero-order chi connectivity index (χ0) is 15.6. The Morgan fingerprint density at radius 1 is 1.13 bits per heavy atom. The van der Waals surface area contributed by atoms with E-state index in [2.05, 4.69) is 53.2 Å². The molecule has 0 N–H and O–H groups in total. The topological polar surface area (TPSA) is 16.1 Å². The molecule has 0 amide bonds. The Kier molecular flexibility index (Phi) is 4.15. The fourth-order valence-corrected chi connectivity index (χ4v) is 4.71. The Balaban J connectivity index is 1.72. The van der Waals surface area contributed by atoms with E-state index in [0.29, 0.717) is 5.92 Å². The number of thiophene rings is 1. The van der Waals surface area contributed by atoms with Crippen LogP contribution < -0.4 is 0 Å². The molecule has 0 aliphatic carbocycles. The van der Waals surface area contributed by atoms with Crippen molar-refractivity contribution in [3.63, 3.8) is 0 Å². The maximum Gasteiger partial charge on any atom is 0.0476 e. The van der Waals surface area contributed by atoms with Gasteiger partial charge in [0.1, 0.15) is 0 Å². The molecule has 4 rings (SSSR count). The summed E-state index contributed by atoms with van der Waals surface area (Å²) in [7, 11) is 0. The van der Waals surface area contributed by atoms with Crippen LogP contribution in [0, 0.1) is 0 Å². The Labute approximate surface area is 141 Å². The zero-order valence-electron chi connectivity index (χ0n) is 13.5. The van der Waals surface area contributed by atoms with Crippen molar-refractivity contribution >= 4 is 21.4 Å². The molecule has 3 aromatic rings. The lowest BCUT2D eigenvalue weighted by Crippen LogP contribution is -2.38. The molecule has 0 bridgehead atoms. The van der Waals surface area contributed by atoms with E-state index in [9.17, 15) is 0 Å². The average molecular weight is 322 g/mol. The molecule has 1 aromatic carbocycles. The maximum atomic E-state index is 4.60. The van der Waals surface area contributed by atoms with Crippen LogP contribution in [0.5, 0.6) is 0 Å². The van der Waals surface area contributed by atoms with Gasteiger partial charge in [0.05, 0.1) is 0 Å². The van der Waals surface area contributed by atoms with E-state index in [4.69, 9.17) is 0 Å². The monoisotopic (exact) mass is 322 g/mol. The number of hydrogen-bond acceptors (Lipinski definition) is 3. The van der Waals surface area contributed by atoms with Crippen LogP contribution in [-0.2, 0) is 6.42 Å². The van der Waals surface area contributed by atoms with Gasteiger partial charge in [-0.2, -0.15) is 0 Å². The highest BCUT2D eigenvalue weighted by Gasteiger charge is 2.21. The lowest BCUT2D eigenvalue weighted by Gasteiger charge is -2.30. The molecule has 3 heteroatoms. The van der Waals surface area contributed by atoms with E-state index in [1.165, 1.54) is 52.3 Å². The average Bonchev–Trinajstić information content (AvgIpc) is 2.92. The Bertz CT molecular complexity index is 790. The van der Waals surface area contributed by atoms with Gasteiger partial charge in [-0.25, -0.2) is 0 Å². The summed E-state index contributed by atoms with van der Waals surface area (Å²) in [5.41, 5.74) is 2.66. The molecule has 0 radical (unpaired) electrons. The van der Waals surface area contributed by atoms with Gasteiger partial charge in [0.15, 0.2) is 0 Å². The highest BCUT2D eigenvalue weighted by atomic mass is 32.1. The summed E-state index contributed by atoms with van der Waals surface area (Å²) in [6.45, 7) is 6.03. The van der Waals surface area contributed by atoms with Gasteiger partial charge in [0.25, 0.3) is 0 Å². The summed E-state index contributed by atoms with van der Waals surface area (Å²) >= 11 is 1.97. The molecule has 118 valence electrons. The number of hydrogen-bond donors (Lipinski definition) is 0. The Morgan fingerprint density at radius 3 is 2.70 bits per heavy atom. The molecule has 1 atom stereocenters. The summed E-state index contributed by atoms with van der Waals surface area (Å²) in [6.07, 6.45) is 4.43. The van der Waals surface area contributed by atoms with E-state index >= 15 is 0 Å². The van der Waals surface area contributed by atoms with Crippen LogP contribution in [0.2, 0.25) is 0 Å². The van der Waals surface area contributed by atoms with Gasteiger partial charge >= 0.3 is 0 Å². The van der Waals surface area contributed by atoms with Crippen molar-refractivity contribution in [2.75, 3.05) is 19.6 Å². The first-order valence-electron chi connectivity index (χ1n) is 8.46. The summed E-state index contributed by atoms with van der Waals surface area (Å²) in [4.78, 5) is 8.69. The van der Waals surface area contributed by atoms with Crippen LogP contribution >= 0.6 is 11.3 Å². The van der Waals surface area contributed by atoms with Crippen LogP contribution in [0.4, 0.5) is 0 Å².